The van der Waals surface area contributed by atoms with Crippen LogP contribution in [0.15, 0.2) is 0 Å². The van der Waals surface area contributed by atoms with Crippen molar-refractivity contribution in [2.75, 3.05) is 0 Å². The van der Waals surface area contributed by atoms with Crippen LogP contribution in [-0.4, -0.2) is 22.4 Å². The Hall–Kier alpha value is -0.220. The number of nitrogens with two attached hydrogens (primary N) is 1. The molecule has 4 heteroatoms. The summed E-state index contributed by atoms with van der Waals surface area (Å²) < 4.78 is 0. The summed E-state index contributed by atoms with van der Waals surface area (Å²) in [6.45, 7) is 4.37. The van der Waals surface area contributed by atoms with Gasteiger partial charge in [-0.15, -0.1) is 0 Å². The van der Waals surface area contributed by atoms with Crippen molar-refractivity contribution in [3.8, 4) is 0 Å². The molecule has 0 spiro atoms. The largest absolute Gasteiger partial charge is 0.480 e. The molecule has 0 aromatic rings. The molecule has 0 rings (SSSR count). The summed E-state index contributed by atoms with van der Waals surface area (Å²) in [6.07, 6.45) is 4.63. The highest BCUT2D eigenvalue weighted by molar-refractivity contribution is 7.80. The summed E-state index contributed by atoms with van der Waals surface area (Å²) in [7, 11) is 0. The molecule has 0 aliphatic heterocycles. The van der Waals surface area contributed by atoms with E-state index in [1.807, 2.05) is 0 Å². The van der Waals surface area contributed by atoms with Gasteiger partial charge in [-0.25, -0.2) is 0 Å². The minimum atomic E-state index is -0.903. The smallest absolute Gasteiger partial charge is 0.320 e. The Morgan fingerprint density at radius 3 is 2.33 bits per heavy atom. The molecule has 0 amide bonds. The molecule has 0 heterocycles. The molecule has 3 N–H and O–H groups in total. The lowest BCUT2D eigenvalue weighted by molar-refractivity contribution is -0.138. The van der Waals surface area contributed by atoms with Crippen LogP contribution in [0.1, 0.15) is 46.0 Å². The van der Waals surface area contributed by atoms with E-state index in [1.54, 1.807) is 0 Å². The van der Waals surface area contributed by atoms with Crippen LogP contribution in [0.3, 0.4) is 0 Å². The van der Waals surface area contributed by atoms with Crippen molar-refractivity contribution in [2.45, 2.75) is 57.2 Å². The summed E-state index contributed by atoms with van der Waals surface area (Å²) in [4.78, 5) is 10.4. The fourth-order valence-corrected chi connectivity index (χ4v) is 2.13. The molecule has 0 saturated carbocycles. The zero-order valence-corrected chi connectivity index (χ0v) is 10.5. The first-order valence-electron chi connectivity index (χ1n) is 5.60. The minimum absolute atomic E-state index is 0.436. The maximum atomic E-state index is 10.4. The molecule has 15 heavy (non-hydrogen) atoms. The molecule has 0 radical (unpaired) electrons. The Kier molecular flexibility index (Phi) is 7.88. The Labute approximate surface area is 97.8 Å². The van der Waals surface area contributed by atoms with Crippen LogP contribution in [0, 0.1) is 5.92 Å². The van der Waals surface area contributed by atoms with Gasteiger partial charge in [-0.3, -0.25) is 4.79 Å². The maximum Gasteiger partial charge on any atom is 0.320 e. The number of rotatable bonds is 8. The summed E-state index contributed by atoms with van der Waals surface area (Å²) in [5, 5.41) is 9.01. The third kappa shape index (κ3) is 8.75. The Balaban J connectivity index is 3.42. The van der Waals surface area contributed by atoms with Crippen molar-refractivity contribution in [2.24, 2.45) is 11.7 Å². The van der Waals surface area contributed by atoms with E-state index in [4.69, 9.17) is 10.8 Å². The molecule has 90 valence electrons. The van der Waals surface area contributed by atoms with Crippen molar-refractivity contribution < 1.29 is 9.90 Å². The fraction of sp³-hybridized carbons (Fsp3) is 0.909. The molecule has 2 atom stereocenters. The average Bonchev–Trinajstić information content (AvgIpc) is 2.10. The predicted octanol–water partition coefficient (Wildman–Crippen LogP) is 2.30. The number of carbonyl (C=O) groups is 1. The molecular formula is C11H23NO2S. The molecule has 0 bridgehead atoms. The Bertz CT molecular complexity index is 185. The molecule has 3 nitrogen and oxygen atoms in total. The topological polar surface area (TPSA) is 63.3 Å². The quantitative estimate of drug-likeness (QED) is 0.445. The lowest BCUT2D eigenvalue weighted by Gasteiger charge is -2.13. The second-order valence-electron chi connectivity index (χ2n) is 4.51. The maximum absolute atomic E-state index is 10.4. The van der Waals surface area contributed by atoms with E-state index in [-0.39, 0.29) is 0 Å². The molecule has 0 saturated heterocycles. The van der Waals surface area contributed by atoms with Crippen LogP contribution >= 0.6 is 12.6 Å². The first-order chi connectivity index (χ1) is 6.93. The SMILES string of the molecule is CC(C)CC(S)CCCCC(N)C(=O)O. The van der Waals surface area contributed by atoms with Gasteiger partial charge < -0.3 is 10.8 Å². The van der Waals surface area contributed by atoms with Crippen LogP contribution in [0.2, 0.25) is 0 Å². The Morgan fingerprint density at radius 2 is 1.87 bits per heavy atom. The molecule has 0 aromatic carbocycles. The van der Waals surface area contributed by atoms with Gasteiger partial charge in [0.1, 0.15) is 6.04 Å². The first kappa shape index (κ1) is 14.8. The minimum Gasteiger partial charge on any atom is -0.480 e. The van der Waals surface area contributed by atoms with Crippen molar-refractivity contribution in [1.82, 2.24) is 0 Å². The zero-order chi connectivity index (χ0) is 11.8. The monoisotopic (exact) mass is 233 g/mol. The average molecular weight is 233 g/mol. The highest BCUT2D eigenvalue weighted by atomic mass is 32.1. The summed E-state index contributed by atoms with van der Waals surface area (Å²) in [6, 6.07) is -0.700. The number of carboxylic acids is 1. The van der Waals surface area contributed by atoms with Gasteiger partial charge in [0.05, 0.1) is 0 Å². The Morgan fingerprint density at radius 1 is 1.33 bits per heavy atom. The van der Waals surface area contributed by atoms with E-state index >= 15 is 0 Å². The fourth-order valence-electron chi connectivity index (χ4n) is 1.53. The van der Waals surface area contributed by atoms with E-state index in [0.29, 0.717) is 17.6 Å². The van der Waals surface area contributed by atoms with Gasteiger partial charge >= 0.3 is 5.97 Å². The lowest BCUT2D eigenvalue weighted by Crippen LogP contribution is -2.29. The van der Waals surface area contributed by atoms with E-state index in [0.717, 1.165) is 25.7 Å². The normalized spacial score (nSPS) is 15.3. The zero-order valence-electron chi connectivity index (χ0n) is 9.65. The molecule has 0 aliphatic carbocycles. The third-order valence-corrected chi connectivity index (χ3v) is 2.83. The molecule has 2 unspecified atom stereocenters. The van der Waals surface area contributed by atoms with Gasteiger partial charge in [0.15, 0.2) is 0 Å². The van der Waals surface area contributed by atoms with E-state index in [2.05, 4.69) is 26.5 Å². The summed E-state index contributed by atoms with van der Waals surface area (Å²) >= 11 is 4.49. The van der Waals surface area contributed by atoms with Crippen LogP contribution in [0.25, 0.3) is 0 Å². The number of hydrogen-bond donors (Lipinski definition) is 3. The second-order valence-corrected chi connectivity index (χ2v) is 5.24. The summed E-state index contributed by atoms with van der Waals surface area (Å²) in [5.41, 5.74) is 5.40. The van der Waals surface area contributed by atoms with E-state index < -0.39 is 12.0 Å². The highest BCUT2D eigenvalue weighted by Gasteiger charge is 2.11. The predicted molar refractivity (Wildman–Crippen MR) is 66.3 cm³/mol. The number of hydrogen-bond acceptors (Lipinski definition) is 3. The van der Waals surface area contributed by atoms with Gasteiger partial charge in [0, 0.05) is 5.25 Å². The molecule has 0 fully saturated rings. The summed E-state index contributed by atoms with van der Waals surface area (Å²) in [5.74, 6) is -0.228. The number of thiol groups is 1. The molecular weight excluding hydrogens is 210 g/mol. The van der Waals surface area contributed by atoms with Gasteiger partial charge in [0.25, 0.3) is 0 Å². The van der Waals surface area contributed by atoms with Crippen molar-refractivity contribution in [3.05, 3.63) is 0 Å². The lowest BCUT2D eigenvalue weighted by atomic mass is 10.0. The van der Waals surface area contributed by atoms with Crippen LogP contribution in [0.4, 0.5) is 0 Å². The van der Waals surface area contributed by atoms with Gasteiger partial charge in [0.2, 0.25) is 0 Å². The van der Waals surface area contributed by atoms with Gasteiger partial charge in [-0.1, -0.05) is 26.7 Å². The van der Waals surface area contributed by atoms with Gasteiger partial charge in [-0.05, 0) is 25.2 Å². The highest BCUT2D eigenvalue weighted by Crippen LogP contribution is 2.17. The van der Waals surface area contributed by atoms with Crippen molar-refractivity contribution in [1.29, 1.82) is 0 Å². The number of aliphatic carboxylic acids is 1. The number of carboxylic acid groups (broad SMARTS) is 1. The van der Waals surface area contributed by atoms with Crippen LogP contribution in [-0.2, 0) is 4.79 Å². The van der Waals surface area contributed by atoms with Crippen LogP contribution in [0.5, 0.6) is 0 Å². The second kappa shape index (κ2) is 7.99. The van der Waals surface area contributed by atoms with E-state index in [1.165, 1.54) is 0 Å². The number of unbranched alkanes of at least 4 members (excludes halogenated alkanes) is 1. The standard InChI is InChI=1S/C11H23NO2S/c1-8(2)7-9(15)5-3-4-6-10(12)11(13)14/h8-10,15H,3-7,12H2,1-2H3,(H,13,14). The van der Waals surface area contributed by atoms with Crippen LogP contribution < -0.4 is 5.73 Å². The first-order valence-corrected chi connectivity index (χ1v) is 6.11. The molecule has 0 aliphatic rings. The van der Waals surface area contributed by atoms with Gasteiger partial charge in [-0.2, -0.15) is 12.6 Å². The van der Waals surface area contributed by atoms with Crippen molar-refractivity contribution in [3.63, 3.8) is 0 Å². The van der Waals surface area contributed by atoms with E-state index in [9.17, 15) is 4.79 Å². The van der Waals surface area contributed by atoms with Crippen molar-refractivity contribution >= 4 is 18.6 Å². The molecule has 0 aromatic heterocycles. The third-order valence-electron chi connectivity index (χ3n) is 2.36.